The number of urea groups is 1. The molecule has 0 unspecified atom stereocenters. The van der Waals surface area contributed by atoms with Gasteiger partial charge in [-0.3, -0.25) is 10.2 Å². The van der Waals surface area contributed by atoms with E-state index in [-0.39, 0.29) is 12.6 Å². The summed E-state index contributed by atoms with van der Waals surface area (Å²) >= 11 is 1.40. The number of aromatic nitrogens is 3. The summed E-state index contributed by atoms with van der Waals surface area (Å²) in [6.07, 6.45) is 1.56. The van der Waals surface area contributed by atoms with Gasteiger partial charge in [-0.25, -0.2) is 19.7 Å². The third-order valence-corrected chi connectivity index (χ3v) is 7.30. The molecule has 0 spiro atoms. The minimum absolute atomic E-state index is 0.115. The molecule has 2 N–H and O–H groups in total. The van der Waals surface area contributed by atoms with E-state index in [0.29, 0.717) is 36.0 Å². The Morgan fingerprint density at radius 2 is 1.97 bits per heavy atom. The number of piperazine rings is 1. The second-order valence-electron chi connectivity index (χ2n) is 8.56. The van der Waals surface area contributed by atoms with Gasteiger partial charge in [0.25, 0.3) is 0 Å². The molecule has 1 fully saturated rings. The van der Waals surface area contributed by atoms with Crippen LogP contribution in [0.2, 0.25) is 0 Å². The SMILES string of the molecule is Cc1ncnc2ccc(-c3sc(NC(=O)N4CCN(CCO)CC4)nc3-c3cccc(C#N)c3)cc12. The largest absolute Gasteiger partial charge is 0.395 e. The molecule has 1 aliphatic rings. The van der Waals surface area contributed by atoms with E-state index in [1.165, 1.54) is 11.3 Å². The summed E-state index contributed by atoms with van der Waals surface area (Å²) in [5.41, 5.74) is 4.73. The van der Waals surface area contributed by atoms with E-state index >= 15 is 0 Å². The molecule has 0 atom stereocenters. The minimum Gasteiger partial charge on any atom is -0.395 e. The van der Waals surface area contributed by atoms with Crippen molar-refractivity contribution in [3.63, 3.8) is 0 Å². The first-order chi connectivity index (χ1) is 17.6. The number of aliphatic hydroxyl groups excluding tert-OH is 1. The van der Waals surface area contributed by atoms with Gasteiger partial charge in [-0.1, -0.05) is 29.5 Å². The van der Waals surface area contributed by atoms with Crippen molar-refractivity contribution < 1.29 is 9.90 Å². The van der Waals surface area contributed by atoms with Gasteiger partial charge in [0.2, 0.25) is 0 Å². The van der Waals surface area contributed by atoms with Gasteiger partial charge in [-0.05, 0) is 36.8 Å². The summed E-state index contributed by atoms with van der Waals surface area (Å²) in [5, 5.41) is 23.0. The number of nitrogens with zero attached hydrogens (tertiary/aromatic N) is 6. The number of benzene rings is 2. The van der Waals surface area contributed by atoms with E-state index in [4.69, 9.17) is 10.1 Å². The number of anilines is 1. The normalized spacial score (nSPS) is 14.1. The summed E-state index contributed by atoms with van der Waals surface area (Å²) < 4.78 is 0. The Hall–Kier alpha value is -3.91. The fourth-order valence-electron chi connectivity index (χ4n) is 4.31. The molecule has 2 aromatic carbocycles. The van der Waals surface area contributed by atoms with E-state index in [9.17, 15) is 10.1 Å². The van der Waals surface area contributed by atoms with E-state index in [2.05, 4.69) is 26.3 Å². The molecule has 10 heteroatoms. The molecule has 3 heterocycles. The first-order valence-electron chi connectivity index (χ1n) is 11.7. The Morgan fingerprint density at radius 3 is 2.75 bits per heavy atom. The van der Waals surface area contributed by atoms with Crippen LogP contribution in [0.25, 0.3) is 32.6 Å². The lowest BCUT2D eigenvalue weighted by Gasteiger charge is -2.34. The van der Waals surface area contributed by atoms with Crippen molar-refractivity contribution >= 4 is 33.4 Å². The maximum absolute atomic E-state index is 13.0. The highest BCUT2D eigenvalue weighted by molar-refractivity contribution is 7.19. The lowest BCUT2D eigenvalue weighted by molar-refractivity contribution is 0.127. The minimum atomic E-state index is -0.195. The predicted molar refractivity (Wildman–Crippen MR) is 140 cm³/mol. The number of aliphatic hydroxyl groups is 1. The Morgan fingerprint density at radius 1 is 1.14 bits per heavy atom. The van der Waals surface area contributed by atoms with Gasteiger partial charge in [-0.15, -0.1) is 0 Å². The zero-order valence-corrected chi connectivity index (χ0v) is 20.6. The third kappa shape index (κ3) is 4.90. The molecule has 1 aliphatic heterocycles. The van der Waals surface area contributed by atoms with Crippen molar-refractivity contribution in [1.82, 2.24) is 24.8 Å². The van der Waals surface area contributed by atoms with E-state index < -0.39 is 0 Å². The number of hydrogen-bond acceptors (Lipinski definition) is 8. The van der Waals surface area contributed by atoms with Gasteiger partial charge in [0.15, 0.2) is 5.13 Å². The highest BCUT2D eigenvalue weighted by atomic mass is 32.1. The summed E-state index contributed by atoms with van der Waals surface area (Å²) in [4.78, 5) is 31.3. The highest BCUT2D eigenvalue weighted by Gasteiger charge is 2.23. The quantitative estimate of drug-likeness (QED) is 0.429. The first kappa shape index (κ1) is 23.8. The molecule has 0 radical (unpaired) electrons. The molecule has 182 valence electrons. The Bertz CT molecular complexity index is 1450. The third-order valence-electron chi connectivity index (χ3n) is 6.28. The molecule has 36 heavy (non-hydrogen) atoms. The van der Waals surface area contributed by atoms with Crippen molar-refractivity contribution in [2.75, 3.05) is 44.6 Å². The van der Waals surface area contributed by atoms with Gasteiger partial charge in [0.05, 0.1) is 34.3 Å². The number of carbonyl (C=O) groups excluding carboxylic acids is 1. The maximum atomic E-state index is 13.0. The van der Waals surface area contributed by atoms with E-state index in [1.807, 2.05) is 37.3 Å². The van der Waals surface area contributed by atoms with Gasteiger partial charge in [0.1, 0.15) is 6.33 Å². The van der Waals surface area contributed by atoms with Crippen molar-refractivity contribution in [1.29, 1.82) is 5.26 Å². The van der Waals surface area contributed by atoms with Crippen molar-refractivity contribution in [2.45, 2.75) is 6.92 Å². The van der Waals surface area contributed by atoms with Gasteiger partial charge >= 0.3 is 6.03 Å². The molecular weight excluding hydrogens is 474 g/mol. The molecule has 1 saturated heterocycles. The second kappa shape index (κ2) is 10.4. The lowest BCUT2D eigenvalue weighted by atomic mass is 10.0. The smallest absolute Gasteiger partial charge is 0.323 e. The van der Waals surface area contributed by atoms with Crippen LogP contribution in [0.5, 0.6) is 0 Å². The number of rotatable bonds is 5. The van der Waals surface area contributed by atoms with Crippen LogP contribution in [-0.4, -0.2) is 75.2 Å². The van der Waals surface area contributed by atoms with Crippen LogP contribution in [-0.2, 0) is 0 Å². The van der Waals surface area contributed by atoms with Crippen LogP contribution in [0.1, 0.15) is 11.3 Å². The molecule has 0 bridgehead atoms. The Balaban J connectivity index is 1.49. The van der Waals surface area contributed by atoms with Gasteiger partial charge in [-0.2, -0.15) is 5.26 Å². The first-order valence-corrected chi connectivity index (χ1v) is 12.5. The van der Waals surface area contributed by atoms with Crippen molar-refractivity contribution in [2.24, 2.45) is 0 Å². The molecule has 9 nitrogen and oxygen atoms in total. The summed E-state index contributed by atoms with van der Waals surface area (Å²) in [6.45, 7) is 5.31. The Kier molecular flexibility index (Phi) is 6.86. The van der Waals surface area contributed by atoms with Crippen LogP contribution in [0.3, 0.4) is 0 Å². The monoisotopic (exact) mass is 499 g/mol. The van der Waals surface area contributed by atoms with Gasteiger partial charge in [0, 0.05) is 49.4 Å². The predicted octanol–water partition coefficient (Wildman–Crippen LogP) is 3.74. The molecule has 5 rings (SSSR count). The number of nitrogens with one attached hydrogen (secondary N) is 1. The summed E-state index contributed by atoms with van der Waals surface area (Å²) in [5.74, 6) is 0. The van der Waals surface area contributed by atoms with Crippen LogP contribution in [0, 0.1) is 18.3 Å². The number of fused-ring (bicyclic) bond motifs is 1. The van der Waals surface area contributed by atoms with E-state index in [1.54, 1.807) is 23.4 Å². The topological polar surface area (TPSA) is 118 Å². The van der Waals surface area contributed by atoms with Crippen molar-refractivity contribution in [3.8, 4) is 27.8 Å². The summed E-state index contributed by atoms with van der Waals surface area (Å²) in [6, 6.07) is 15.3. The highest BCUT2D eigenvalue weighted by Crippen LogP contribution is 2.40. The molecule has 2 amide bonds. The zero-order valence-electron chi connectivity index (χ0n) is 19.8. The molecule has 2 aromatic heterocycles. The van der Waals surface area contributed by atoms with Crippen LogP contribution < -0.4 is 5.32 Å². The number of amides is 2. The van der Waals surface area contributed by atoms with Gasteiger partial charge < -0.3 is 10.0 Å². The number of nitriles is 1. The van der Waals surface area contributed by atoms with Crippen LogP contribution >= 0.6 is 11.3 Å². The van der Waals surface area contributed by atoms with Crippen molar-refractivity contribution in [3.05, 3.63) is 60.0 Å². The number of thiazole rings is 1. The maximum Gasteiger partial charge on any atom is 0.323 e. The average Bonchev–Trinajstić information content (AvgIpc) is 3.33. The van der Waals surface area contributed by atoms with E-state index in [0.717, 1.165) is 45.7 Å². The second-order valence-corrected chi connectivity index (χ2v) is 9.56. The number of β-amino-alcohol motifs (C(OH)–C–C–N with tert-alkyl or cyclic N) is 1. The van der Waals surface area contributed by atoms with Crippen LogP contribution in [0.4, 0.5) is 9.93 Å². The summed E-state index contributed by atoms with van der Waals surface area (Å²) in [7, 11) is 0. The standard InChI is InChI=1S/C26H25N7O2S/c1-17-21-14-20(5-6-22(21)29-16-28-17)24-23(19-4-2-3-18(13-19)15-27)30-25(36-24)31-26(35)33-9-7-32(8-10-33)11-12-34/h2-6,13-14,16,34H,7-12H2,1H3,(H,30,31,35). The number of aryl methyl sites for hydroxylation is 1. The molecule has 0 aliphatic carbocycles. The van der Waals surface area contributed by atoms with Crippen LogP contribution in [0.15, 0.2) is 48.8 Å². The average molecular weight is 500 g/mol. The lowest BCUT2D eigenvalue weighted by Crippen LogP contribution is -2.50. The molecule has 4 aromatic rings. The fraction of sp³-hybridized carbons (Fsp3) is 0.269. The fourth-order valence-corrected chi connectivity index (χ4v) is 5.29. The Labute approximate surface area is 212 Å². The zero-order chi connectivity index (χ0) is 25.1. The number of carbonyl (C=O) groups is 1. The number of hydrogen-bond donors (Lipinski definition) is 2. The molecule has 0 saturated carbocycles. The molecular formula is C26H25N7O2S.